The first-order valence-electron chi connectivity index (χ1n) is 12.1. The molecule has 1 aromatic carbocycles. The lowest BCUT2D eigenvalue weighted by atomic mass is 9.97. The lowest BCUT2D eigenvalue weighted by Crippen LogP contribution is -2.47. The van der Waals surface area contributed by atoms with Crippen molar-refractivity contribution in [3.8, 4) is 0 Å². The molecule has 5 nitrogen and oxygen atoms in total. The summed E-state index contributed by atoms with van der Waals surface area (Å²) in [6.45, 7) is 7.72. The van der Waals surface area contributed by atoms with Crippen molar-refractivity contribution in [2.75, 3.05) is 39.4 Å². The molecule has 3 fully saturated rings. The van der Waals surface area contributed by atoms with Crippen LogP contribution >= 0.6 is 24.0 Å². The van der Waals surface area contributed by atoms with Gasteiger partial charge in [-0.15, -0.1) is 24.0 Å². The molecule has 0 amide bonds. The van der Waals surface area contributed by atoms with E-state index >= 15 is 0 Å². The highest BCUT2D eigenvalue weighted by atomic mass is 127. The van der Waals surface area contributed by atoms with E-state index in [2.05, 4.69) is 47.5 Å². The van der Waals surface area contributed by atoms with Crippen LogP contribution in [0.1, 0.15) is 57.4 Å². The number of piperidine rings is 1. The zero-order chi connectivity index (χ0) is 20.7. The van der Waals surface area contributed by atoms with Gasteiger partial charge in [-0.2, -0.15) is 0 Å². The summed E-state index contributed by atoms with van der Waals surface area (Å²) in [7, 11) is 0. The van der Waals surface area contributed by atoms with Crippen molar-refractivity contribution < 1.29 is 9.47 Å². The van der Waals surface area contributed by atoms with Crippen molar-refractivity contribution in [1.29, 1.82) is 0 Å². The molecule has 2 heterocycles. The second-order valence-electron chi connectivity index (χ2n) is 9.34. The van der Waals surface area contributed by atoms with Crippen LogP contribution in [0.4, 0.5) is 0 Å². The number of hydrogen-bond donors (Lipinski definition) is 1. The highest BCUT2D eigenvalue weighted by Crippen LogP contribution is 2.48. The fourth-order valence-corrected chi connectivity index (χ4v) is 4.68. The third kappa shape index (κ3) is 7.60. The van der Waals surface area contributed by atoms with Crippen molar-refractivity contribution in [3.63, 3.8) is 0 Å². The Balaban J connectivity index is 0.00000272. The van der Waals surface area contributed by atoms with Gasteiger partial charge in [-0.25, -0.2) is 0 Å². The molecule has 1 atom stereocenters. The third-order valence-corrected chi connectivity index (χ3v) is 6.81. The van der Waals surface area contributed by atoms with Gasteiger partial charge in [0.2, 0.25) is 0 Å². The molecule has 1 saturated carbocycles. The summed E-state index contributed by atoms with van der Waals surface area (Å²) in [6.07, 6.45) is 10.2. The van der Waals surface area contributed by atoms with E-state index < -0.39 is 0 Å². The van der Waals surface area contributed by atoms with Gasteiger partial charge in [0.05, 0.1) is 18.8 Å². The van der Waals surface area contributed by atoms with Gasteiger partial charge < -0.3 is 19.7 Å². The Morgan fingerprint density at radius 1 is 1.16 bits per heavy atom. The zero-order valence-electron chi connectivity index (χ0n) is 19.1. The molecule has 0 bridgehead atoms. The largest absolute Gasteiger partial charge is 0.376 e. The molecule has 2 saturated heterocycles. The van der Waals surface area contributed by atoms with Crippen LogP contribution in [0.2, 0.25) is 0 Å². The minimum Gasteiger partial charge on any atom is -0.376 e. The van der Waals surface area contributed by atoms with Gasteiger partial charge in [0.15, 0.2) is 5.96 Å². The van der Waals surface area contributed by atoms with Gasteiger partial charge in [-0.3, -0.25) is 4.99 Å². The van der Waals surface area contributed by atoms with E-state index in [0.717, 1.165) is 71.0 Å². The van der Waals surface area contributed by atoms with Gasteiger partial charge in [0.1, 0.15) is 0 Å². The van der Waals surface area contributed by atoms with Crippen LogP contribution in [0.5, 0.6) is 0 Å². The van der Waals surface area contributed by atoms with Crippen LogP contribution in [0.15, 0.2) is 35.3 Å². The van der Waals surface area contributed by atoms with Crippen LogP contribution in [0.25, 0.3) is 0 Å². The maximum Gasteiger partial charge on any atom is 0.193 e. The second kappa shape index (κ2) is 12.4. The van der Waals surface area contributed by atoms with Crippen LogP contribution in [0.3, 0.4) is 0 Å². The second-order valence-corrected chi connectivity index (χ2v) is 9.34. The van der Waals surface area contributed by atoms with E-state index in [0.29, 0.717) is 17.6 Å². The first kappa shape index (κ1) is 24.8. The number of nitrogens with zero attached hydrogens (tertiary/aromatic N) is 2. The maximum atomic E-state index is 6.19. The monoisotopic (exact) mass is 541 g/mol. The normalized spacial score (nSPS) is 23.8. The van der Waals surface area contributed by atoms with E-state index in [1.807, 2.05) is 0 Å². The minimum absolute atomic E-state index is 0. The van der Waals surface area contributed by atoms with Crippen molar-refractivity contribution in [2.24, 2.45) is 10.4 Å². The molecule has 3 aliphatic rings. The first-order valence-corrected chi connectivity index (χ1v) is 12.1. The smallest absolute Gasteiger partial charge is 0.193 e. The Bertz CT molecular complexity index is 667. The Morgan fingerprint density at radius 3 is 2.58 bits per heavy atom. The topological polar surface area (TPSA) is 46.1 Å². The predicted molar refractivity (Wildman–Crippen MR) is 137 cm³/mol. The van der Waals surface area contributed by atoms with Crippen LogP contribution in [-0.2, 0) is 15.9 Å². The first-order chi connectivity index (χ1) is 14.8. The highest BCUT2D eigenvalue weighted by Gasteiger charge is 2.42. The summed E-state index contributed by atoms with van der Waals surface area (Å²) in [5.41, 5.74) is 1.82. The number of rotatable bonds is 8. The number of aliphatic imine (C=N–C) groups is 1. The zero-order valence-corrected chi connectivity index (χ0v) is 21.4. The Labute approximate surface area is 205 Å². The number of nitrogens with one attached hydrogen (secondary N) is 1. The van der Waals surface area contributed by atoms with Gasteiger partial charge in [-0.05, 0) is 69.3 Å². The van der Waals surface area contributed by atoms with E-state index in [1.54, 1.807) is 0 Å². The summed E-state index contributed by atoms with van der Waals surface area (Å²) < 4.78 is 12.0. The van der Waals surface area contributed by atoms with Gasteiger partial charge in [-0.1, -0.05) is 30.3 Å². The molecular weight excluding hydrogens is 501 g/mol. The molecule has 4 rings (SSSR count). The van der Waals surface area contributed by atoms with Gasteiger partial charge in [0, 0.05) is 32.8 Å². The molecular formula is C25H40IN3O2. The molecule has 1 aliphatic carbocycles. The summed E-state index contributed by atoms with van der Waals surface area (Å²) in [4.78, 5) is 7.51. The van der Waals surface area contributed by atoms with Crippen molar-refractivity contribution in [1.82, 2.24) is 10.2 Å². The molecule has 2 aliphatic heterocycles. The maximum absolute atomic E-state index is 6.19. The fraction of sp³-hybridized carbons (Fsp3) is 0.720. The number of likely N-dealkylation sites (tertiary alicyclic amines) is 1. The third-order valence-electron chi connectivity index (χ3n) is 6.81. The van der Waals surface area contributed by atoms with E-state index in [-0.39, 0.29) is 24.0 Å². The van der Waals surface area contributed by atoms with Crippen LogP contribution in [0, 0.1) is 5.41 Å². The minimum atomic E-state index is 0. The van der Waals surface area contributed by atoms with E-state index in [4.69, 9.17) is 14.5 Å². The Hall–Kier alpha value is -0.860. The summed E-state index contributed by atoms with van der Waals surface area (Å²) in [6, 6.07) is 10.9. The summed E-state index contributed by atoms with van der Waals surface area (Å²) >= 11 is 0. The molecule has 1 N–H and O–H groups in total. The molecule has 174 valence electrons. The van der Waals surface area contributed by atoms with Crippen LogP contribution < -0.4 is 5.32 Å². The van der Waals surface area contributed by atoms with Crippen molar-refractivity contribution >= 4 is 29.9 Å². The molecule has 0 radical (unpaired) electrons. The average molecular weight is 542 g/mol. The molecule has 0 spiro atoms. The van der Waals surface area contributed by atoms with Gasteiger partial charge in [0.25, 0.3) is 0 Å². The SMILES string of the molecule is CCNC(=NCC1(Cc2ccccc2)CC1)N1CCC(OCC2CCCCO2)CC1.I. The molecule has 31 heavy (non-hydrogen) atoms. The standard InChI is InChI=1S/C25H39N3O2.HI/c1-2-26-24(27-20-25(13-14-25)18-21-8-4-3-5-9-21)28-15-11-22(12-16-28)30-19-23-10-6-7-17-29-23;/h3-5,8-9,22-23H,2,6-7,10-20H2,1H3,(H,26,27);1H. The van der Waals surface area contributed by atoms with E-state index in [1.165, 1.54) is 31.2 Å². The number of halogens is 1. The average Bonchev–Trinajstić information content (AvgIpc) is 3.56. The lowest BCUT2D eigenvalue weighted by molar-refractivity contribution is -0.0721. The number of benzene rings is 1. The molecule has 0 aromatic heterocycles. The number of ether oxygens (including phenoxy) is 2. The lowest BCUT2D eigenvalue weighted by Gasteiger charge is -2.35. The summed E-state index contributed by atoms with van der Waals surface area (Å²) in [5, 5.41) is 3.53. The van der Waals surface area contributed by atoms with Gasteiger partial charge >= 0.3 is 0 Å². The molecule has 1 aromatic rings. The Morgan fingerprint density at radius 2 is 1.94 bits per heavy atom. The highest BCUT2D eigenvalue weighted by molar-refractivity contribution is 14.0. The van der Waals surface area contributed by atoms with Crippen molar-refractivity contribution in [2.45, 2.75) is 70.5 Å². The van der Waals surface area contributed by atoms with Crippen molar-refractivity contribution in [3.05, 3.63) is 35.9 Å². The number of hydrogen-bond acceptors (Lipinski definition) is 3. The number of guanidine groups is 1. The Kier molecular flexibility index (Phi) is 9.91. The van der Waals surface area contributed by atoms with E-state index in [9.17, 15) is 0 Å². The predicted octanol–water partition coefficient (Wildman–Crippen LogP) is 4.64. The summed E-state index contributed by atoms with van der Waals surface area (Å²) in [5.74, 6) is 1.09. The fourth-order valence-electron chi connectivity index (χ4n) is 4.68. The quantitative estimate of drug-likeness (QED) is 0.296. The molecule has 1 unspecified atom stereocenters. The van der Waals surface area contributed by atoms with Crippen LogP contribution in [-0.4, -0.2) is 62.5 Å². The molecule has 6 heteroatoms.